The Bertz CT molecular complexity index is 113. The summed E-state index contributed by atoms with van der Waals surface area (Å²) >= 11 is 0. The topological polar surface area (TPSA) is 86.2 Å². The molecule has 0 unspecified atom stereocenters. The van der Waals surface area contributed by atoms with Gasteiger partial charge in [0.25, 0.3) is 0 Å². The number of hydrogen-bond acceptors (Lipinski definition) is 4. The standard InChI is InChI=1S/C7H15.Nd.H3O4P/c1-3-5-7-6-4-2;;1-5(2,3)4/h1,3-7H2,2H3;;(H3,1,2,3,4)/q-1;+3;/p-3. The molecule has 0 aliphatic rings. The third kappa shape index (κ3) is 59.3. The van der Waals surface area contributed by atoms with Crippen molar-refractivity contribution in [3.8, 4) is 0 Å². The molecule has 1 radical (unpaired) electrons. The molecule has 0 aromatic carbocycles. The summed E-state index contributed by atoms with van der Waals surface area (Å²) in [5.74, 6) is 0. The van der Waals surface area contributed by atoms with Crippen molar-refractivity contribution < 1.29 is 60.1 Å². The first-order chi connectivity index (χ1) is 5.41. The van der Waals surface area contributed by atoms with E-state index in [0.717, 1.165) is 6.42 Å². The van der Waals surface area contributed by atoms with E-state index in [0.29, 0.717) is 0 Å². The van der Waals surface area contributed by atoms with Crippen LogP contribution >= 0.6 is 7.82 Å². The van der Waals surface area contributed by atoms with Gasteiger partial charge in [0.15, 0.2) is 0 Å². The molecule has 0 fully saturated rings. The van der Waals surface area contributed by atoms with Crippen LogP contribution in [0.3, 0.4) is 0 Å². The largest absolute Gasteiger partial charge is 3.00 e. The van der Waals surface area contributed by atoms with Crippen LogP contribution in [-0.2, 0) is 4.57 Å². The molecule has 77 valence electrons. The van der Waals surface area contributed by atoms with Crippen LogP contribution in [0.2, 0.25) is 0 Å². The zero-order chi connectivity index (χ0) is 10.0. The number of hydrogen-bond donors (Lipinski definition) is 0. The molecular formula is C7H15NdO4P-. The molecular weight excluding hydrogens is 323 g/mol. The second-order valence-electron chi connectivity index (χ2n) is 2.36. The van der Waals surface area contributed by atoms with Crippen LogP contribution in [0.1, 0.15) is 39.0 Å². The smallest absolute Gasteiger partial charge is 0.822 e. The Morgan fingerprint density at radius 2 is 1.54 bits per heavy atom. The Balaban J connectivity index is -0.000000150. The van der Waals surface area contributed by atoms with Crippen LogP contribution in [0.25, 0.3) is 0 Å². The maximum absolute atomic E-state index is 8.55. The molecule has 6 heteroatoms. The Kier molecular flexibility index (Phi) is 20.7. The summed E-state index contributed by atoms with van der Waals surface area (Å²) in [5, 5.41) is 0. The summed E-state index contributed by atoms with van der Waals surface area (Å²) in [7, 11) is -5.39. The molecule has 0 N–H and O–H groups in total. The molecule has 0 aliphatic heterocycles. The maximum atomic E-state index is 8.55. The van der Waals surface area contributed by atoms with Crippen LogP contribution in [0.5, 0.6) is 0 Å². The first-order valence-electron chi connectivity index (χ1n) is 3.94. The predicted molar refractivity (Wildman–Crippen MR) is 41.7 cm³/mol. The monoisotopic (exact) mass is 336 g/mol. The molecule has 0 bridgehead atoms. The van der Waals surface area contributed by atoms with Gasteiger partial charge in [0.1, 0.15) is 0 Å². The van der Waals surface area contributed by atoms with Crippen LogP contribution in [0.15, 0.2) is 0 Å². The molecule has 0 rings (SSSR count). The van der Waals surface area contributed by atoms with Gasteiger partial charge in [-0.25, -0.2) is 0 Å². The predicted octanol–water partition coefficient (Wildman–Crippen LogP) is -0.0337. The maximum Gasteiger partial charge on any atom is 3.00 e. The zero-order valence-corrected chi connectivity index (χ0v) is 11.9. The van der Waals surface area contributed by atoms with Crippen molar-refractivity contribution >= 4 is 7.82 Å². The fraction of sp³-hybridized carbons (Fsp3) is 0.857. The van der Waals surface area contributed by atoms with E-state index in [9.17, 15) is 0 Å². The molecule has 0 saturated carbocycles. The van der Waals surface area contributed by atoms with E-state index < -0.39 is 7.82 Å². The Hall–Kier alpha value is 1.46. The second kappa shape index (κ2) is 13.5. The number of phosphoric acid groups is 1. The molecule has 0 saturated heterocycles. The van der Waals surface area contributed by atoms with Crippen molar-refractivity contribution in [2.24, 2.45) is 0 Å². The first kappa shape index (κ1) is 19.9. The minimum absolute atomic E-state index is 0. The third-order valence-corrected chi connectivity index (χ3v) is 1.10. The summed E-state index contributed by atoms with van der Waals surface area (Å²) in [6, 6.07) is 0. The summed E-state index contributed by atoms with van der Waals surface area (Å²) in [4.78, 5) is 25.6. The SMILES string of the molecule is O=P([O-])([O-])[O-].[CH2-]CCCCCC.[Nd+3]. The van der Waals surface area contributed by atoms with Gasteiger partial charge in [-0.15, -0.1) is 0 Å². The molecule has 0 amide bonds. The quantitative estimate of drug-likeness (QED) is 0.409. The first-order valence-corrected chi connectivity index (χ1v) is 5.40. The fourth-order valence-electron chi connectivity index (χ4n) is 0.604. The van der Waals surface area contributed by atoms with Crippen molar-refractivity contribution in [3.63, 3.8) is 0 Å². The average molecular weight is 338 g/mol. The van der Waals surface area contributed by atoms with E-state index in [1.807, 2.05) is 0 Å². The molecule has 0 aromatic rings. The minimum atomic E-state index is -5.39. The van der Waals surface area contributed by atoms with E-state index >= 15 is 0 Å². The van der Waals surface area contributed by atoms with Gasteiger partial charge in [-0.1, -0.05) is 32.6 Å². The molecule has 13 heavy (non-hydrogen) atoms. The van der Waals surface area contributed by atoms with Gasteiger partial charge in [-0.3, -0.25) is 0 Å². The normalized spacial score (nSPS) is 9.62. The molecule has 0 heterocycles. The van der Waals surface area contributed by atoms with E-state index in [-0.39, 0.29) is 40.8 Å². The van der Waals surface area contributed by atoms with Crippen LogP contribution in [0.4, 0.5) is 0 Å². The fourth-order valence-corrected chi connectivity index (χ4v) is 0.604. The van der Waals surface area contributed by atoms with E-state index in [4.69, 9.17) is 19.2 Å². The van der Waals surface area contributed by atoms with Crippen molar-refractivity contribution in [2.75, 3.05) is 0 Å². The van der Waals surface area contributed by atoms with Crippen molar-refractivity contribution in [1.29, 1.82) is 0 Å². The van der Waals surface area contributed by atoms with Crippen molar-refractivity contribution in [2.45, 2.75) is 39.0 Å². The summed E-state index contributed by atoms with van der Waals surface area (Å²) in [6.07, 6.45) is 6.52. The summed E-state index contributed by atoms with van der Waals surface area (Å²) in [6.45, 7) is 5.98. The van der Waals surface area contributed by atoms with Gasteiger partial charge in [0.2, 0.25) is 0 Å². The van der Waals surface area contributed by atoms with Crippen LogP contribution in [-0.4, -0.2) is 0 Å². The van der Waals surface area contributed by atoms with Gasteiger partial charge in [-0.2, -0.15) is 14.2 Å². The molecule has 0 spiro atoms. The van der Waals surface area contributed by atoms with Crippen LogP contribution in [0, 0.1) is 47.8 Å². The van der Waals surface area contributed by atoms with Crippen molar-refractivity contribution in [3.05, 3.63) is 6.92 Å². The van der Waals surface area contributed by atoms with Crippen molar-refractivity contribution in [1.82, 2.24) is 0 Å². The van der Waals surface area contributed by atoms with E-state index in [2.05, 4.69) is 13.8 Å². The van der Waals surface area contributed by atoms with Gasteiger partial charge < -0.3 is 26.2 Å². The summed E-state index contributed by atoms with van der Waals surface area (Å²) < 4.78 is 8.55. The third-order valence-electron chi connectivity index (χ3n) is 1.10. The Morgan fingerprint density at radius 3 is 1.77 bits per heavy atom. The Labute approximate surface area is 113 Å². The molecule has 4 nitrogen and oxygen atoms in total. The molecule has 0 aromatic heterocycles. The van der Waals surface area contributed by atoms with E-state index in [1.54, 1.807) is 0 Å². The molecule has 0 atom stereocenters. The zero-order valence-electron chi connectivity index (χ0n) is 7.82. The number of rotatable bonds is 4. The van der Waals surface area contributed by atoms with Gasteiger partial charge in [0.05, 0.1) is 0 Å². The van der Waals surface area contributed by atoms with Gasteiger partial charge >= 0.3 is 40.8 Å². The van der Waals surface area contributed by atoms with Crippen LogP contribution < -0.4 is 14.7 Å². The van der Waals surface area contributed by atoms with Gasteiger partial charge in [0, 0.05) is 0 Å². The second-order valence-corrected chi connectivity index (χ2v) is 3.26. The summed E-state index contributed by atoms with van der Waals surface area (Å²) in [5.41, 5.74) is 0. The number of unbranched alkanes of at least 4 members (excludes halogenated alkanes) is 4. The minimum Gasteiger partial charge on any atom is -0.822 e. The van der Waals surface area contributed by atoms with E-state index in [1.165, 1.54) is 25.7 Å². The molecule has 0 aliphatic carbocycles. The Morgan fingerprint density at radius 1 is 1.15 bits per heavy atom. The van der Waals surface area contributed by atoms with Gasteiger partial charge in [-0.05, 0) is 0 Å². The average Bonchev–Trinajstić information content (AvgIpc) is 1.85.